The van der Waals surface area contributed by atoms with Crippen LogP contribution in [0.2, 0.25) is 0 Å². The Labute approximate surface area is 182 Å². The van der Waals surface area contributed by atoms with Gasteiger partial charge in [-0.2, -0.15) is 9.57 Å². The summed E-state index contributed by atoms with van der Waals surface area (Å²) in [5.74, 6) is 0.834. The minimum Gasteiger partial charge on any atom is -0.497 e. The molecule has 0 aliphatic carbocycles. The van der Waals surface area contributed by atoms with Crippen LogP contribution in [0.4, 0.5) is 0 Å². The van der Waals surface area contributed by atoms with E-state index < -0.39 is 16.1 Å². The fourth-order valence-electron chi connectivity index (χ4n) is 3.32. The van der Waals surface area contributed by atoms with Gasteiger partial charge in [0, 0.05) is 19.1 Å². The zero-order valence-corrected chi connectivity index (χ0v) is 18.3. The molecule has 1 aliphatic heterocycles. The van der Waals surface area contributed by atoms with Gasteiger partial charge in [-0.1, -0.05) is 0 Å². The van der Waals surface area contributed by atoms with E-state index >= 15 is 0 Å². The average Bonchev–Trinajstić information content (AvgIpc) is 2.80. The fraction of sp³-hybridized carbons (Fsp3) is 0.364. The predicted molar refractivity (Wildman–Crippen MR) is 114 cm³/mol. The molecule has 0 radical (unpaired) electrons. The number of hydrogen-bond donors (Lipinski definition) is 1. The fourth-order valence-corrected chi connectivity index (χ4v) is 4.79. The molecule has 1 N–H and O–H groups in total. The summed E-state index contributed by atoms with van der Waals surface area (Å²) in [7, 11) is -2.06. The van der Waals surface area contributed by atoms with Crippen molar-refractivity contribution >= 4 is 15.9 Å². The van der Waals surface area contributed by atoms with Gasteiger partial charge in [-0.15, -0.1) is 0 Å². The molecule has 0 spiro atoms. The first-order valence-corrected chi connectivity index (χ1v) is 11.4. The zero-order valence-electron chi connectivity index (χ0n) is 17.4. The Morgan fingerprint density at radius 2 is 1.68 bits per heavy atom. The summed E-state index contributed by atoms with van der Waals surface area (Å²) in [5, 5.41) is 11.8. The first kappa shape index (κ1) is 22.6. The second-order valence-electron chi connectivity index (χ2n) is 7.26. The molecule has 31 heavy (non-hydrogen) atoms. The van der Waals surface area contributed by atoms with E-state index in [9.17, 15) is 13.2 Å². The molecule has 1 atom stereocenters. The number of nitrogens with one attached hydrogen (secondary N) is 1. The smallest absolute Gasteiger partial charge is 0.260 e. The van der Waals surface area contributed by atoms with Crippen LogP contribution >= 0.6 is 0 Å². The molecule has 1 saturated heterocycles. The van der Waals surface area contributed by atoms with E-state index in [1.807, 2.05) is 6.07 Å². The topological polar surface area (TPSA) is 109 Å². The second-order valence-corrected chi connectivity index (χ2v) is 9.20. The summed E-state index contributed by atoms with van der Waals surface area (Å²) in [6.07, 6.45) is 0.323. The highest BCUT2D eigenvalue weighted by atomic mass is 32.2. The monoisotopic (exact) mass is 443 g/mol. The Kier molecular flexibility index (Phi) is 7.15. The minimum atomic E-state index is -3.58. The summed E-state index contributed by atoms with van der Waals surface area (Å²) in [5.41, 5.74) is 0.515. The van der Waals surface area contributed by atoms with E-state index in [0.717, 1.165) is 0 Å². The number of ether oxygens (including phenoxy) is 2. The van der Waals surface area contributed by atoms with Crippen LogP contribution in [-0.2, 0) is 14.8 Å². The number of methoxy groups -OCH3 is 1. The molecular formula is C22H25N3O5S. The normalized spacial score (nSPS) is 16.2. The molecule has 1 amide bonds. The summed E-state index contributed by atoms with van der Waals surface area (Å²) < 4.78 is 37.8. The average molecular weight is 444 g/mol. The Bertz CT molecular complexity index is 1040. The molecule has 2 aromatic rings. The standard InChI is InChI=1S/C22H25N3O5S/c1-16(30-20-5-3-17(15-23)4-6-20)22(26)24-18-11-13-25(14-12-18)31(27,28)21-9-7-19(29-2)8-10-21/h3-10,16,18H,11-14H2,1-2H3,(H,24,26)/t16-/m0/s1. The molecule has 1 heterocycles. The lowest BCUT2D eigenvalue weighted by molar-refractivity contribution is -0.128. The van der Waals surface area contributed by atoms with Crippen LogP contribution in [0.25, 0.3) is 0 Å². The summed E-state index contributed by atoms with van der Waals surface area (Å²) >= 11 is 0. The first-order valence-electron chi connectivity index (χ1n) is 9.95. The number of nitriles is 1. The van der Waals surface area contributed by atoms with Crippen molar-refractivity contribution in [2.75, 3.05) is 20.2 Å². The van der Waals surface area contributed by atoms with Gasteiger partial charge in [0.25, 0.3) is 5.91 Å². The van der Waals surface area contributed by atoms with Gasteiger partial charge < -0.3 is 14.8 Å². The number of piperidine rings is 1. The predicted octanol–water partition coefficient (Wildman–Crippen LogP) is 2.30. The zero-order chi connectivity index (χ0) is 22.4. The number of hydrogen-bond acceptors (Lipinski definition) is 6. The van der Waals surface area contributed by atoms with E-state index in [1.165, 1.54) is 23.5 Å². The molecule has 0 bridgehead atoms. The molecule has 164 valence electrons. The number of sulfonamides is 1. The van der Waals surface area contributed by atoms with Crippen molar-refractivity contribution in [3.63, 3.8) is 0 Å². The Morgan fingerprint density at radius 1 is 1.10 bits per heavy atom. The van der Waals surface area contributed by atoms with Gasteiger partial charge in [0.2, 0.25) is 10.0 Å². The lowest BCUT2D eigenvalue weighted by Crippen LogP contribution is -2.49. The SMILES string of the molecule is COc1ccc(S(=O)(=O)N2CCC(NC(=O)[C@H](C)Oc3ccc(C#N)cc3)CC2)cc1. The second kappa shape index (κ2) is 9.81. The van der Waals surface area contributed by atoms with Crippen LogP contribution in [-0.4, -0.2) is 51.0 Å². The highest BCUT2D eigenvalue weighted by Crippen LogP contribution is 2.23. The van der Waals surface area contributed by atoms with E-state index in [1.54, 1.807) is 43.3 Å². The number of nitrogens with zero attached hydrogens (tertiary/aromatic N) is 2. The van der Waals surface area contributed by atoms with Crippen molar-refractivity contribution in [3.05, 3.63) is 54.1 Å². The third kappa shape index (κ3) is 5.54. The molecule has 9 heteroatoms. The number of amides is 1. The largest absolute Gasteiger partial charge is 0.497 e. The summed E-state index contributed by atoms with van der Waals surface area (Å²) in [6.45, 7) is 2.30. The highest BCUT2D eigenvalue weighted by Gasteiger charge is 2.30. The Morgan fingerprint density at radius 3 is 2.23 bits per heavy atom. The van der Waals surface area contributed by atoms with Crippen LogP contribution in [0, 0.1) is 11.3 Å². The molecule has 3 rings (SSSR count). The number of carbonyl (C=O) groups excluding carboxylic acids is 1. The van der Waals surface area contributed by atoms with E-state index in [4.69, 9.17) is 14.7 Å². The van der Waals surface area contributed by atoms with E-state index in [0.29, 0.717) is 43.0 Å². The molecule has 0 aromatic heterocycles. The van der Waals surface area contributed by atoms with E-state index in [-0.39, 0.29) is 16.8 Å². The van der Waals surface area contributed by atoms with Crippen molar-refractivity contribution < 1.29 is 22.7 Å². The molecule has 1 aliphatic rings. The lowest BCUT2D eigenvalue weighted by Gasteiger charge is -2.32. The maximum absolute atomic E-state index is 12.8. The maximum Gasteiger partial charge on any atom is 0.260 e. The van der Waals surface area contributed by atoms with Gasteiger partial charge in [-0.05, 0) is 68.3 Å². The van der Waals surface area contributed by atoms with Crippen LogP contribution < -0.4 is 14.8 Å². The minimum absolute atomic E-state index is 0.123. The van der Waals surface area contributed by atoms with Crippen molar-refractivity contribution in [2.24, 2.45) is 0 Å². The molecule has 0 saturated carbocycles. The van der Waals surface area contributed by atoms with Gasteiger partial charge in [0.15, 0.2) is 6.10 Å². The van der Waals surface area contributed by atoms with Crippen molar-refractivity contribution in [3.8, 4) is 17.6 Å². The summed E-state index contributed by atoms with van der Waals surface area (Å²) in [4.78, 5) is 12.7. The first-order chi connectivity index (χ1) is 14.8. The molecule has 8 nitrogen and oxygen atoms in total. The quantitative estimate of drug-likeness (QED) is 0.703. The molecule has 2 aromatic carbocycles. The maximum atomic E-state index is 12.8. The van der Waals surface area contributed by atoms with Crippen molar-refractivity contribution in [2.45, 2.75) is 36.8 Å². The Hall–Kier alpha value is -3.09. The van der Waals surface area contributed by atoms with Gasteiger partial charge in [-0.3, -0.25) is 4.79 Å². The number of carbonyl (C=O) groups is 1. The van der Waals surface area contributed by atoms with Gasteiger partial charge >= 0.3 is 0 Å². The Balaban J connectivity index is 1.51. The number of rotatable bonds is 7. The third-order valence-corrected chi connectivity index (χ3v) is 7.08. The van der Waals surface area contributed by atoms with Crippen LogP contribution in [0.15, 0.2) is 53.4 Å². The van der Waals surface area contributed by atoms with Crippen LogP contribution in [0.3, 0.4) is 0 Å². The molecular weight excluding hydrogens is 418 g/mol. The van der Waals surface area contributed by atoms with E-state index in [2.05, 4.69) is 5.32 Å². The van der Waals surface area contributed by atoms with Gasteiger partial charge in [0.05, 0.1) is 23.6 Å². The van der Waals surface area contributed by atoms with Crippen LogP contribution in [0.5, 0.6) is 11.5 Å². The number of benzene rings is 2. The lowest BCUT2D eigenvalue weighted by atomic mass is 10.1. The van der Waals surface area contributed by atoms with Gasteiger partial charge in [-0.25, -0.2) is 8.42 Å². The van der Waals surface area contributed by atoms with Gasteiger partial charge in [0.1, 0.15) is 11.5 Å². The molecule has 1 fully saturated rings. The van der Waals surface area contributed by atoms with Crippen LogP contribution in [0.1, 0.15) is 25.3 Å². The third-order valence-electron chi connectivity index (χ3n) is 5.16. The molecule has 0 unspecified atom stereocenters. The van der Waals surface area contributed by atoms with Crippen molar-refractivity contribution in [1.82, 2.24) is 9.62 Å². The summed E-state index contributed by atoms with van der Waals surface area (Å²) in [6, 6.07) is 14.7. The highest BCUT2D eigenvalue weighted by molar-refractivity contribution is 7.89. The van der Waals surface area contributed by atoms with Crippen molar-refractivity contribution in [1.29, 1.82) is 5.26 Å².